The van der Waals surface area contributed by atoms with Crippen LogP contribution in [0.3, 0.4) is 0 Å². The molecule has 0 aliphatic heterocycles. The zero-order valence-corrected chi connectivity index (χ0v) is 10.2. The molecule has 1 heterocycles. The van der Waals surface area contributed by atoms with E-state index in [9.17, 15) is 8.42 Å². The minimum atomic E-state index is -3.28. The third-order valence-corrected chi connectivity index (χ3v) is 4.08. The first-order valence-electron chi connectivity index (χ1n) is 4.38. The van der Waals surface area contributed by atoms with Crippen LogP contribution in [-0.4, -0.2) is 36.6 Å². The number of nitrogens with zero attached hydrogens (tertiary/aromatic N) is 2. The van der Waals surface area contributed by atoms with E-state index in [0.29, 0.717) is 11.5 Å². The Hall–Kier alpha value is -0.590. The van der Waals surface area contributed by atoms with Gasteiger partial charge in [0.05, 0.1) is 18.0 Å². The molecule has 0 amide bonds. The third kappa shape index (κ3) is 3.48. The van der Waals surface area contributed by atoms with Gasteiger partial charge in [-0.05, 0) is 6.92 Å². The van der Waals surface area contributed by atoms with Gasteiger partial charge < -0.3 is 4.52 Å². The first-order chi connectivity index (χ1) is 6.95. The monoisotopic (exact) mass is 252 g/mol. The molecule has 0 unspecified atom stereocenters. The molecular formula is C8H13ClN2O3S. The van der Waals surface area contributed by atoms with Gasteiger partial charge in [-0.25, -0.2) is 8.42 Å². The van der Waals surface area contributed by atoms with Crippen molar-refractivity contribution in [1.82, 2.24) is 9.46 Å². The van der Waals surface area contributed by atoms with Crippen LogP contribution in [0.25, 0.3) is 0 Å². The second-order valence-corrected chi connectivity index (χ2v) is 5.76. The van der Waals surface area contributed by atoms with Crippen molar-refractivity contribution in [2.24, 2.45) is 0 Å². The molecule has 5 nitrogen and oxygen atoms in total. The van der Waals surface area contributed by atoms with Gasteiger partial charge in [0.1, 0.15) is 5.76 Å². The van der Waals surface area contributed by atoms with Crippen LogP contribution in [0.2, 0.25) is 0 Å². The standard InChI is InChI=1S/C8H13ClN2O3S/c1-7-5-8(10-14-7)6-11(2)15(12,13)4-3-9/h5H,3-4,6H2,1-2H3. The van der Waals surface area contributed by atoms with Crippen LogP contribution < -0.4 is 0 Å². The highest BCUT2D eigenvalue weighted by Crippen LogP contribution is 2.08. The highest BCUT2D eigenvalue weighted by Gasteiger charge is 2.18. The number of alkyl halides is 1. The maximum atomic E-state index is 11.5. The fourth-order valence-electron chi connectivity index (χ4n) is 1.07. The molecule has 0 aromatic carbocycles. The van der Waals surface area contributed by atoms with E-state index in [1.54, 1.807) is 13.0 Å². The summed E-state index contributed by atoms with van der Waals surface area (Å²) >= 11 is 5.40. The first kappa shape index (κ1) is 12.5. The van der Waals surface area contributed by atoms with Crippen LogP contribution in [0.1, 0.15) is 11.5 Å². The zero-order chi connectivity index (χ0) is 11.5. The number of halogens is 1. The quantitative estimate of drug-likeness (QED) is 0.733. The average molecular weight is 253 g/mol. The van der Waals surface area contributed by atoms with Crippen molar-refractivity contribution in [2.45, 2.75) is 13.5 Å². The summed E-state index contributed by atoms with van der Waals surface area (Å²) in [5.74, 6) is 0.681. The van der Waals surface area contributed by atoms with E-state index in [2.05, 4.69) is 5.16 Å². The van der Waals surface area contributed by atoms with E-state index in [4.69, 9.17) is 16.1 Å². The van der Waals surface area contributed by atoms with E-state index in [-0.39, 0.29) is 18.2 Å². The molecule has 1 rings (SSSR count). The first-order valence-corrected chi connectivity index (χ1v) is 6.52. The lowest BCUT2D eigenvalue weighted by atomic mass is 10.4. The van der Waals surface area contributed by atoms with Crippen molar-refractivity contribution < 1.29 is 12.9 Å². The van der Waals surface area contributed by atoms with Crippen LogP contribution in [0.4, 0.5) is 0 Å². The Morgan fingerprint density at radius 2 is 2.27 bits per heavy atom. The fraction of sp³-hybridized carbons (Fsp3) is 0.625. The molecule has 1 aromatic rings. The Bertz CT molecular complexity index is 415. The van der Waals surface area contributed by atoms with Gasteiger partial charge in [-0.15, -0.1) is 11.6 Å². The topological polar surface area (TPSA) is 63.4 Å². The summed E-state index contributed by atoms with van der Waals surface area (Å²) in [6, 6.07) is 1.70. The Morgan fingerprint density at radius 1 is 1.60 bits per heavy atom. The molecule has 7 heteroatoms. The van der Waals surface area contributed by atoms with Crippen molar-refractivity contribution in [1.29, 1.82) is 0 Å². The molecule has 0 radical (unpaired) electrons. The Kier molecular flexibility index (Phi) is 4.12. The molecule has 0 atom stereocenters. The number of hydrogen-bond donors (Lipinski definition) is 0. The average Bonchev–Trinajstić information content (AvgIpc) is 2.51. The smallest absolute Gasteiger partial charge is 0.215 e. The van der Waals surface area contributed by atoms with Crippen molar-refractivity contribution in [3.8, 4) is 0 Å². The molecule has 15 heavy (non-hydrogen) atoms. The molecule has 0 aliphatic carbocycles. The van der Waals surface area contributed by atoms with E-state index in [1.807, 2.05) is 0 Å². The second kappa shape index (κ2) is 4.96. The van der Waals surface area contributed by atoms with E-state index >= 15 is 0 Å². The summed E-state index contributed by atoms with van der Waals surface area (Å²) in [5, 5.41) is 3.72. The van der Waals surface area contributed by atoms with Crippen molar-refractivity contribution >= 4 is 21.6 Å². The van der Waals surface area contributed by atoms with Crippen molar-refractivity contribution in [2.75, 3.05) is 18.7 Å². The summed E-state index contributed by atoms with van der Waals surface area (Å²) < 4.78 is 29.1. The predicted octanol–water partition coefficient (Wildman–Crippen LogP) is 0.983. The third-order valence-electron chi connectivity index (χ3n) is 1.87. The molecule has 0 N–H and O–H groups in total. The molecule has 0 saturated heterocycles. The Labute approximate surface area is 94.0 Å². The Morgan fingerprint density at radius 3 is 2.73 bits per heavy atom. The van der Waals surface area contributed by atoms with Gasteiger partial charge in [-0.2, -0.15) is 4.31 Å². The summed E-state index contributed by atoms with van der Waals surface area (Å²) in [6.45, 7) is 1.96. The largest absolute Gasteiger partial charge is 0.361 e. The van der Waals surface area contributed by atoms with Gasteiger partial charge in [-0.1, -0.05) is 5.16 Å². The van der Waals surface area contributed by atoms with Crippen molar-refractivity contribution in [3.05, 3.63) is 17.5 Å². The minimum absolute atomic E-state index is 0.0676. The van der Waals surface area contributed by atoms with Crippen LogP contribution in [0, 0.1) is 6.92 Å². The summed E-state index contributed by atoms with van der Waals surface area (Å²) in [4.78, 5) is 0. The molecule has 1 aromatic heterocycles. The number of hydrogen-bond acceptors (Lipinski definition) is 4. The van der Waals surface area contributed by atoms with Gasteiger partial charge in [-0.3, -0.25) is 0 Å². The SMILES string of the molecule is Cc1cc(CN(C)S(=O)(=O)CCCl)no1. The molecule has 0 spiro atoms. The zero-order valence-electron chi connectivity index (χ0n) is 8.60. The number of aryl methyl sites for hydroxylation is 1. The normalized spacial score (nSPS) is 12.3. The molecule has 0 aliphatic rings. The van der Waals surface area contributed by atoms with E-state index in [1.165, 1.54) is 11.4 Å². The van der Waals surface area contributed by atoms with E-state index in [0.717, 1.165) is 0 Å². The van der Waals surface area contributed by atoms with Crippen molar-refractivity contribution in [3.63, 3.8) is 0 Å². The maximum absolute atomic E-state index is 11.5. The summed E-state index contributed by atoms with van der Waals surface area (Å²) in [6.07, 6.45) is 0. The summed E-state index contributed by atoms with van der Waals surface area (Å²) in [5.41, 5.74) is 0.591. The predicted molar refractivity (Wildman–Crippen MR) is 57.2 cm³/mol. The lowest BCUT2D eigenvalue weighted by molar-refractivity contribution is 0.378. The Balaban J connectivity index is 2.67. The van der Waals surface area contributed by atoms with E-state index < -0.39 is 10.0 Å². The maximum Gasteiger partial charge on any atom is 0.215 e. The highest BCUT2D eigenvalue weighted by molar-refractivity contribution is 7.89. The fourth-order valence-corrected chi connectivity index (χ4v) is 2.49. The van der Waals surface area contributed by atoms with Gasteiger partial charge in [0.25, 0.3) is 0 Å². The van der Waals surface area contributed by atoms with Crippen LogP contribution in [0.5, 0.6) is 0 Å². The van der Waals surface area contributed by atoms with Gasteiger partial charge >= 0.3 is 0 Å². The van der Waals surface area contributed by atoms with Crippen LogP contribution >= 0.6 is 11.6 Å². The highest BCUT2D eigenvalue weighted by atomic mass is 35.5. The van der Waals surface area contributed by atoms with Crippen LogP contribution in [0.15, 0.2) is 10.6 Å². The number of aromatic nitrogens is 1. The molecule has 86 valence electrons. The lowest BCUT2D eigenvalue weighted by Crippen LogP contribution is -2.29. The lowest BCUT2D eigenvalue weighted by Gasteiger charge is -2.14. The minimum Gasteiger partial charge on any atom is -0.361 e. The molecule has 0 fully saturated rings. The second-order valence-electron chi connectivity index (χ2n) is 3.19. The number of rotatable bonds is 5. The summed E-state index contributed by atoms with van der Waals surface area (Å²) in [7, 11) is -1.79. The van der Waals surface area contributed by atoms with Gasteiger partial charge in [0.15, 0.2) is 0 Å². The molecule has 0 bridgehead atoms. The van der Waals surface area contributed by atoms with Gasteiger partial charge in [0, 0.05) is 19.0 Å². The van der Waals surface area contributed by atoms with Crippen LogP contribution in [-0.2, 0) is 16.6 Å². The molecular weight excluding hydrogens is 240 g/mol. The van der Waals surface area contributed by atoms with Gasteiger partial charge in [0.2, 0.25) is 10.0 Å². The number of sulfonamides is 1. The molecule has 0 saturated carbocycles.